The summed E-state index contributed by atoms with van der Waals surface area (Å²) in [6, 6.07) is 11.2. The monoisotopic (exact) mass is 528 g/mol. The summed E-state index contributed by atoms with van der Waals surface area (Å²) in [5.74, 6) is -1.13. The Morgan fingerprint density at radius 3 is 2.30 bits per heavy atom. The molecule has 2 N–H and O–H groups in total. The van der Waals surface area contributed by atoms with Crippen LogP contribution < -0.4 is 10.9 Å². The molecule has 0 aliphatic rings. The maximum atomic E-state index is 13.5. The molecule has 2 aromatic carbocycles. The summed E-state index contributed by atoms with van der Waals surface area (Å²) >= 11 is 0. The number of aryl methyl sites for hydroxylation is 1. The predicted molar refractivity (Wildman–Crippen MR) is 139 cm³/mol. The maximum absolute atomic E-state index is 13.5. The normalized spacial score (nSPS) is 11.8. The van der Waals surface area contributed by atoms with Crippen molar-refractivity contribution in [3.05, 3.63) is 93.2 Å². The molecular weight excluding hydrogens is 499 g/mol. The van der Waals surface area contributed by atoms with Gasteiger partial charge in [-0.15, -0.1) is 0 Å². The minimum atomic E-state index is -3.38. The zero-order valence-corrected chi connectivity index (χ0v) is 21.9. The fraction of sp³-hybridized carbons (Fsp3) is 0.296. The van der Waals surface area contributed by atoms with Gasteiger partial charge in [0.15, 0.2) is 15.6 Å². The Bertz CT molecular complexity index is 1510. The van der Waals surface area contributed by atoms with Crippen molar-refractivity contribution >= 4 is 21.7 Å². The van der Waals surface area contributed by atoms with Crippen molar-refractivity contribution in [2.75, 3.05) is 12.8 Å². The molecule has 1 aromatic heterocycles. The van der Waals surface area contributed by atoms with Crippen molar-refractivity contribution in [2.24, 2.45) is 12.5 Å². The first-order valence-electron chi connectivity index (χ1n) is 11.4. The second-order valence-electron chi connectivity index (χ2n) is 9.95. The number of aromatic nitrogens is 1. The van der Waals surface area contributed by atoms with Gasteiger partial charge in [-0.3, -0.25) is 9.59 Å². The molecule has 0 atom stereocenters. The number of pyridine rings is 1. The van der Waals surface area contributed by atoms with Crippen LogP contribution >= 0.6 is 0 Å². The van der Waals surface area contributed by atoms with Gasteiger partial charge in [0.25, 0.3) is 5.56 Å². The van der Waals surface area contributed by atoms with Crippen LogP contribution in [0.3, 0.4) is 0 Å². The van der Waals surface area contributed by atoms with Gasteiger partial charge >= 0.3 is 6.09 Å². The summed E-state index contributed by atoms with van der Waals surface area (Å²) in [4.78, 5) is 37.1. The zero-order chi connectivity index (χ0) is 27.5. The molecule has 8 nitrogen and oxygen atoms in total. The van der Waals surface area contributed by atoms with Crippen molar-refractivity contribution < 1.29 is 27.5 Å². The number of hydrogen-bond acceptors (Lipinski definition) is 5. The van der Waals surface area contributed by atoms with Gasteiger partial charge in [-0.25, -0.2) is 17.6 Å². The highest BCUT2D eigenvalue weighted by molar-refractivity contribution is 7.89. The molecule has 3 rings (SSSR count). The van der Waals surface area contributed by atoms with E-state index in [2.05, 4.69) is 5.32 Å². The Kier molecular flexibility index (Phi) is 8.02. The van der Waals surface area contributed by atoms with E-state index >= 15 is 0 Å². The van der Waals surface area contributed by atoms with E-state index in [1.807, 2.05) is 13.8 Å². The molecule has 0 fully saturated rings. The number of nitrogens with zero attached hydrogens (tertiary/aromatic N) is 1. The number of amides is 1. The Balaban J connectivity index is 2.23. The molecule has 0 saturated carbocycles. The summed E-state index contributed by atoms with van der Waals surface area (Å²) in [7, 11) is -1.82. The summed E-state index contributed by atoms with van der Waals surface area (Å²) in [5, 5.41) is 11.4. The average molecular weight is 529 g/mol. The number of benzene rings is 2. The first kappa shape index (κ1) is 27.8. The van der Waals surface area contributed by atoms with Crippen molar-refractivity contribution in [3.63, 3.8) is 0 Å². The van der Waals surface area contributed by atoms with Gasteiger partial charge in [0, 0.05) is 48.8 Å². The lowest BCUT2D eigenvalue weighted by Crippen LogP contribution is -2.34. The third-order valence-electron chi connectivity index (χ3n) is 5.86. The largest absolute Gasteiger partial charge is 0.465 e. The van der Waals surface area contributed by atoms with Crippen molar-refractivity contribution in [2.45, 2.75) is 26.0 Å². The van der Waals surface area contributed by atoms with Gasteiger partial charge in [-0.05, 0) is 58.9 Å². The van der Waals surface area contributed by atoms with Crippen LogP contribution in [0.25, 0.3) is 11.1 Å². The number of halogens is 1. The van der Waals surface area contributed by atoms with E-state index < -0.39 is 32.9 Å². The lowest BCUT2D eigenvalue weighted by atomic mass is 9.82. The van der Waals surface area contributed by atoms with Crippen LogP contribution in [0.15, 0.2) is 59.5 Å². The number of carboxylic acid groups (broad SMARTS) is 1. The van der Waals surface area contributed by atoms with Crippen LogP contribution in [0, 0.1) is 11.2 Å². The third-order valence-corrected chi connectivity index (χ3v) is 6.71. The molecule has 0 aliphatic heterocycles. The second kappa shape index (κ2) is 10.7. The molecule has 0 bridgehead atoms. The highest BCUT2D eigenvalue weighted by Crippen LogP contribution is 2.33. The second-order valence-corrected chi connectivity index (χ2v) is 12.1. The standard InChI is InChI=1S/C27H29FN2O6S/c1-27(2,16-29-26(33)34)13-19-12-24(31)30(3)14-23(19)22-11-17(15-37(4,35)36)5-10-21(22)25(32)18-6-8-20(28)9-7-18/h5-12,14,29H,13,15-16H2,1-4H3,(H,33,34). The fourth-order valence-corrected chi connectivity index (χ4v) is 4.90. The van der Waals surface area contributed by atoms with Crippen LogP contribution in [-0.2, 0) is 29.1 Å². The lowest BCUT2D eigenvalue weighted by Gasteiger charge is -2.26. The minimum Gasteiger partial charge on any atom is -0.465 e. The van der Waals surface area contributed by atoms with E-state index in [1.165, 1.54) is 41.0 Å². The molecule has 1 amide bonds. The lowest BCUT2D eigenvalue weighted by molar-refractivity contribution is 0.103. The van der Waals surface area contributed by atoms with Gasteiger partial charge in [0.1, 0.15) is 5.82 Å². The van der Waals surface area contributed by atoms with Gasteiger partial charge in [0.2, 0.25) is 0 Å². The van der Waals surface area contributed by atoms with E-state index in [1.54, 1.807) is 25.4 Å². The van der Waals surface area contributed by atoms with Gasteiger partial charge in [-0.1, -0.05) is 26.0 Å². The summed E-state index contributed by atoms with van der Waals surface area (Å²) in [6.45, 7) is 3.80. The van der Waals surface area contributed by atoms with E-state index in [0.29, 0.717) is 28.7 Å². The smallest absolute Gasteiger partial charge is 0.404 e. The Morgan fingerprint density at radius 1 is 1.05 bits per heavy atom. The number of carbonyl (C=O) groups excluding carboxylic acids is 1. The zero-order valence-electron chi connectivity index (χ0n) is 21.0. The van der Waals surface area contributed by atoms with Gasteiger partial charge in [0.05, 0.1) is 5.75 Å². The molecule has 0 radical (unpaired) electrons. The first-order chi connectivity index (χ1) is 17.1. The number of sulfone groups is 1. The predicted octanol–water partition coefficient (Wildman–Crippen LogP) is 3.80. The van der Waals surface area contributed by atoms with E-state index in [-0.39, 0.29) is 29.0 Å². The Labute approximate surface area is 214 Å². The van der Waals surface area contributed by atoms with Crippen LogP contribution in [0.2, 0.25) is 0 Å². The molecule has 1 heterocycles. The molecule has 0 saturated heterocycles. The summed E-state index contributed by atoms with van der Waals surface area (Å²) in [5.41, 5.74) is 1.60. The van der Waals surface area contributed by atoms with Gasteiger partial charge in [-0.2, -0.15) is 0 Å². The Hall–Kier alpha value is -3.79. The van der Waals surface area contributed by atoms with Crippen LogP contribution in [-0.4, -0.2) is 42.8 Å². The summed E-state index contributed by atoms with van der Waals surface area (Å²) in [6.07, 6.45) is 1.82. The highest BCUT2D eigenvalue weighted by Gasteiger charge is 2.25. The van der Waals surface area contributed by atoms with Gasteiger partial charge < -0.3 is 15.0 Å². The molecule has 10 heteroatoms. The molecular formula is C27H29FN2O6S. The number of hydrogen-bond donors (Lipinski definition) is 2. The first-order valence-corrected chi connectivity index (χ1v) is 13.5. The maximum Gasteiger partial charge on any atom is 0.404 e. The Morgan fingerprint density at radius 2 is 1.70 bits per heavy atom. The topological polar surface area (TPSA) is 123 Å². The summed E-state index contributed by atoms with van der Waals surface area (Å²) < 4.78 is 38.8. The van der Waals surface area contributed by atoms with E-state index in [0.717, 1.165) is 6.26 Å². The molecule has 37 heavy (non-hydrogen) atoms. The molecule has 0 aliphatic carbocycles. The van der Waals surface area contributed by atoms with Crippen LogP contribution in [0.5, 0.6) is 0 Å². The van der Waals surface area contributed by atoms with Crippen molar-refractivity contribution in [3.8, 4) is 11.1 Å². The molecule has 0 spiro atoms. The van der Waals surface area contributed by atoms with Crippen LogP contribution in [0.4, 0.5) is 9.18 Å². The molecule has 0 unspecified atom stereocenters. The highest BCUT2D eigenvalue weighted by atomic mass is 32.2. The third kappa shape index (κ3) is 7.36. The van der Waals surface area contributed by atoms with Crippen LogP contribution in [0.1, 0.15) is 40.9 Å². The minimum absolute atomic E-state index is 0.118. The number of carbonyl (C=O) groups is 2. The van der Waals surface area contributed by atoms with Crippen molar-refractivity contribution in [1.29, 1.82) is 0 Å². The quantitative estimate of drug-likeness (QED) is 0.408. The number of nitrogens with one attached hydrogen (secondary N) is 1. The SMILES string of the molecule is Cn1cc(-c2cc(CS(C)(=O)=O)ccc2C(=O)c2ccc(F)cc2)c(CC(C)(C)CNC(=O)O)cc1=O. The van der Waals surface area contributed by atoms with E-state index in [9.17, 15) is 27.2 Å². The molecule has 3 aromatic rings. The number of rotatable bonds is 9. The van der Waals surface area contributed by atoms with E-state index in [4.69, 9.17) is 5.11 Å². The number of ketones is 1. The molecule has 196 valence electrons. The average Bonchev–Trinajstić information content (AvgIpc) is 2.79. The van der Waals surface area contributed by atoms with Crippen molar-refractivity contribution in [1.82, 2.24) is 9.88 Å². The fourth-order valence-electron chi connectivity index (χ4n) is 4.11.